The first-order valence-corrected chi connectivity index (χ1v) is 8.82. The highest BCUT2D eigenvalue weighted by Gasteiger charge is 2.24. The van der Waals surface area contributed by atoms with Gasteiger partial charge in [-0.25, -0.2) is 0 Å². The number of nitrogens with zero attached hydrogens (tertiary/aromatic N) is 1. The number of nitrogens with one attached hydrogen (secondary N) is 2. The summed E-state index contributed by atoms with van der Waals surface area (Å²) in [6.07, 6.45) is 2.28. The monoisotopic (exact) mass is 332 g/mol. The zero-order valence-corrected chi connectivity index (χ0v) is 15.3. The van der Waals surface area contributed by atoms with Crippen LogP contribution in [0.4, 0.5) is 5.69 Å². The van der Waals surface area contributed by atoms with Gasteiger partial charge in [-0.05, 0) is 49.8 Å². The highest BCUT2D eigenvalue weighted by atomic mass is 16.2. The summed E-state index contributed by atoms with van der Waals surface area (Å²) in [5, 5.41) is 2.96. The number of amides is 2. The lowest BCUT2D eigenvalue weighted by atomic mass is 10.0. The molecule has 1 aromatic carbocycles. The Balaban J connectivity index is 1.83. The first-order chi connectivity index (χ1) is 11.4. The maximum atomic E-state index is 12.4. The molecule has 1 fully saturated rings. The standard InChI is InChI=1S/C19H29N3O2/c1-14-7-6-10-22(11-14)19(24)13-21(4)12-18(23)20-17-9-5-8-15(2)16(17)3/h5,8-9,14H,6-7,10-13H2,1-4H3,(H,20,23)/p+1/t14-/m1/s1. The number of likely N-dealkylation sites (N-methyl/N-ethyl adjacent to an activating group) is 1. The van der Waals surface area contributed by atoms with E-state index >= 15 is 0 Å². The molecule has 2 N–H and O–H groups in total. The molecule has 2 amide bonds. The van der Waals surface area contributed by atoms with Crippen LogP contribution in [-0.2, 0) is 9.59 Å². The molecule has 1 aromatic rings. The molecule has 0 saturated carbocycles. The first kappa shape index (κ1) is 18.5. The summed E-state index contributed by atoms with van der Waals surface area (Å²) in [6, 6.07) is 5.88. The molecule has 0 radical (unpaired) electrons. The van der Waals surface area contributed by atoms with Gasteiger partial charge in [-0.15, -0.1) is 0 Å². The van der Waals surface area contributed by atoms with Gasteiger partial charge in [0.05, 0.1) is 7.05 Å². The minimum absolute atomic E-state index is 0.0546. The second-order valence-electron chi connectivity index (χ2n) is 7.19. The van der Waals surface area contributed by atoms with E-state index in [9.17, 15) is 9.59 Å². The number of likely N-dealkylation sites (tertiary alicyclic amines) is 1. The van der Waals surface area contributed by atoms with E-state index in [0.717, 1.165) is 41.2 Å². The molecule has 2 atom stereocenters. The van der Waals surface area contributed by atoms with Crippen molar-refractivity contribution in [1.29, 1.82) is 0 Å². The summed E-state index contributed by atoms with van der Waals surface area (Å²) >= 11 is 0. The summed E-state index contributed by atoms with van der Waals surface area (Å²) in [5.41, 5.74) is 3.09. The number of aryl methyl sites for hydroxylation is 1. The van der Waals surface area contributed by atoms with E-state index in [0.29, 0.717) is 19.0 Å². The van der Waals surface area contributed by atoms with E-state index in [4.69, 9.17) is 0 Å². The predicted molar refractivity (Wildman–Crippen MR) is 96.1 cm³/mol. The molecule has 1 aliphatic heterocycles. The third kappa shape index (κ3) is 5.06. The Kier molecular flexibility index (Phi) is 6.37. The fourth-order valence-electron chi connectivity index (χ4n) is 3.20. The van der Waals surface area contributed by atoms with Crippen LogP contribution in [0, 0.1) is 19.8 Å². The second kappa shape index (κ2) is 8.29. The van der Waals surface area contributed by atoms with Gasteiger partial charge >= 0.3 is 0 Å². The fraction of sp³-hybridized carbons (Fsp3) is 0.579. The lowest BCUT2D eigenvalue weighted by Crippen LogP contribution is -3.11. The van der Waals surface area contributed by atoms with Gasteiger partial charge in [0.15, 0.2) is 13.1 Å². The maximum Gasteiger partial charge on any atom is 0.279 e. The smallest absolute Gasteiger partial charge is 0.279 e. The van der Waals surface area contributed by atoms with Crippen LogP contribution in [0.5, 0.6) is 0 Å². The number of hydrogen-bond acceptors (Lipinski definition) is 2. The van der Waals surface area contributed by atoms with Crippen LogP contribution >= 0.6 is 0 Å². The van der Waals surface area contributed by atoms with Crippen molar-refractivity contribution >= 4 is 17.5 Å². The van der Waals surface area contributed by atoms with Gasteiger partial charge in [0.2, 0.25) is 0 Å². The van der Waals surface area contributed by atoms with Gasteiger partial charge in [-0.1, -0.05) is 19.1 Å². The molecule has 24 heavy (non-hydrogen) atoms. The number of carbonyl (C=O) groups excluding carboxylic acids is 2. The third-order valence-corrected chi connectivity index (χ3v) is 4.80. The van der Waals surface area contributed by atoms with Crippen LogP contribution in [0.15, 0.2) is 18.2 Å². The van der Waals surface area contributed by atoms with Crippen LogP contribution < -0.4 is 10.2 Å². The minimum Gasteiger partial charge on any atom is -0.338 e. The summed E-state index contributed by atoms with van der Waals surface area (Å²) < 4.78 is 0. The van der Waals surface area contributed by atoms with Crippen molar-refractivity contribution in [3.63, 3.8) is 0 Å². The van der Waals surface area contributed by atoms with Gasteiger partial charge < -0.3 is 15.1 Å². The average molecular weight is 332 g/mol. The van der Waals surface area contributed by atoms with Gasteiger partial charge in [-0.3, -0.25) is 9.59 Å². The number of hydrogen-bond donors (Lipinski definition) is 2. The molecule has 1 saturated heterocycles. The molecule has 0 spiro atoms. The van der Waals surface area contributed by atoms with E-state index < -0.39 is 0 Å². The molecule has 5 heteroatoms. The highest BCUT2D eigenvalue weighted by Crippen LogP contribution is 2.17. The van der Waals surface area contributed by atoms with Crippen LogP contribution in [0.25, 0.3) is 0 Å². The lowest BCUT2D eigenvalue weighted by Gasteiger charge is -2.31. The van der Waals surface area contributed by atoms with Crippen molar-refractivity contribution in [3.8, 4) is 0 Å². The number of piperidine rings is 1. The zero-order chi connectivity index (χ0) is 17.7. The molecule has 1 unspecified atom stereocenters. The second-order valence-corrected chi connectivity index (χ2v) is 7.19. The predicted octanol–water partition coefficient (Wildman–Crippen LogP) is 1.02. The van der Waals surface area contributed by atoms with Gasteiger partial charge in [0.25, 0.3) is 11.8 Å². The van der Waals surface area contributed by atoms with Gasteiger partial charge in [-0.2, -0.15) is 0 Å². The Hall–Kier alpha value is -1.88. The van der Waals surface area contributed by atoms with E-state index in [2.05, 4.69) is 12.2 Å². The topological polar surface area (TPSA) is 53.9 Å². The first-order valence-electron chi connectivity index (χ1n) is 8.82. The van der Waals surface area contributed by atoms with Crippen molar-refractivity contribution in [1.82, 2.24) is 4.90 Å². The van der Waals surface area contributed by atoms with Crippen molar-refractivity contribution in [2.24, 2.45) is 5.92 Å². The summed E-state index contributed by atoms with van der Waals surface area (Å²) in [5.74, 6) is 0.676. The Morgan fingerprint density at radius 1 is 1.29 bits per heavy atom. The Morgan fingerprint density at radius 3 is 2.75 bits per heavy atom. The van der Waals surface area contributed by atoms with Crippen LogP contribution in [0.1, 0.15) is 30.9 Å². The molecular weight excluding hydrogens is 302 g/mol. The summed E-state index contributed by atoms with van der Waals surface area (Å²) in [4.78, 5) is 27.5. The zero-order valence-electron chi connectivity index (χ0n) is 15.3. The SMILES string of the molecule is Cc1cccc(NC(=O)C[NH+](C)CC(=O)N2CCC[C@@H](C)C2)c1C. The van der Waals surface area contributed by atoms with E-state index in [1.165, 1.54) is 6.42 Å². The Bertz CT molecular complexity index is 600. The van der Waals surface area contributed by atoms with E-state index in [1.807, 2.05) is 44.0 Å². The largest absolute Gasteiger partial charge is 0.338 e. The van der Waals surface area contributed by atoms with Crippen LogP contribution in [0.3, 0.4) is 0 Å². The maximum absolute atomic E-state index is 12.4. The molecule has 1 aliphatic rings. The Morgan fingerprint density at radius 2 is 2.04 bits per heavy atom. The van der Waals surface area contributed by atoms with Crippen molar-refractivity contribution < 1.29 is 14.5 Å². The highest BCUT2D eigenvalue weighted by molar-refractivity contribution is 5.92. The number of quaternary nitrogens is 1. The number of anilines is 1. The summed E-state index contributed by atoms with van der Waals surface area (Å²) in [6.45, 7) is 8.58. The van der Waals surface area contributed by atoms with Crippen molar-refractivity contribution in [2.45, 2.75) is 33.6 Å². The van der Waals surface area contributed by atoms with Gasteiger partial charge in [0, 0.05) is 18.8 Å². The Labute approximate surface area is 145 Å². The molecule has 0 bridgehead atoms. The summed E-state index contributed by atoms with van der Waals surface area (Å²) in [7, 11) is 1.90. The number of rotatable bonds is 5. The molecule has 0 aliphatic carbocycles. The average Bonchev–Trinajstić information content (AvgIpc) is 2.51. The normalized spacial score (nSPS) is 19.0. The van der Waals surface area contributed by atoms with Crippen LogP contribution in [-0.4, -0.2) is 49.9 Å². The molecule has 0 aromatic heterocycles. The molecule has 1 heterocycles. The number of carbonyl (C=O) groups is 2. The molecular formula is C19H30N3O2+. The quantitative estimate of drug-likeness (QED) is 0.846. The van der Waals surface area contributed by atoms with Crippen molar-refractivity contribution in [3.05, 3.63) is 29.3 Å². The third-order valence-electron chi connectivity index (χ3n) is 4.80. The molecule has 132 valence electrons. The van der Waals surface area contributed by atoms with Crippen molar-refractivity contribution in [2.75, 3.05) is 38.5 Å². The molecule has 5 nitrogen and oxygen atoms in total. The van der Waals surface area contributed by atoms with Crippen LogP contribution in [0.2, 0.25) is 0 Å². The van der Waals surface area contributed by atoms with Gasteiger partial charge in [0.1, 0.15) is 0 Å². The number of benzene rings is 1. The van der Waals surface area contributed by atoms with E-state index in [1.54, 1.807) is 0 Å². The molecule has 2 rings (SSSR count). The lowest BCUT2D eigenvalue weighted by molar-refractivity contribution is -0.862. The fourth-order valence-corrected chi connectivity index (χ4v) is 3.20. The van der Waals surface area contributed by atoms with E-state index in [-0.39, 0.29) is 11.8 Å². The minimum atomic E-state index is -0.0546.